The van der Waals surface area contributed by atoms with E-state index in [1.165, 1.54) is 31.2 Å². The largest absolute Gasteiger partial charge is 0.495 e. The van der Waals surface area contributed by atoms with Crippen LogP contribution < -0.4 is 25.2 Å². The molecule has 1 aromatic heterocycles. The van der Waals surface area contributed by atoms with E-state index in [1.54, 1.807) is 18.2 Å². The van der Waals surface area contributed by atoms with Crippen molar-refractivity contribution in [1.29, 1.82) is 0 Å². The van der Waals surface area contributed by atoms with Crippen molar-refractivity contribution in [2.45, 2.75) is 76.5 Å². The third-order valence-corrected chi connectivity index (χ3v) is 8.24. The number of nitrogens with one attached hydrogen (secondary N) is 2. The molecule has 2 aromatic rings. The van der Waals surface area contributed by atoms with Gasteiger partial charge in [-0.1, -0.05) is 25.8 Å². The number of fused-ring (bicyclic) bond motifs is 1. The van der Waals surface area contributed by atoms with Gasteiger partial charge in [-0.05, 0) is 69.9 Å². The summed E-state index contributed by atoms with van der Waals surface area (Å²) in [6.45, 7) is 5.19. The molecular weight excluding hydrogens is 466 g/mol. The number of carbonyl (C=O) groups excluding carboxylic acids is 1. The number of likely N-dealkylation sites (tertiary alicyclic amines) is 1. The minimum absolute atomic E-state index is 0.123. The summed E-state index contributed by atoms with van der Waals surface area (Å²) in [4.78, 5) is 29.0. The summed E-state index contributed by atoms with van der Waals surface area (Å²) in [7, 11) is 5.70. The first-order valence-corrected chi connectivity index (χ1v) is 13.8. The molecule has 200 valence electrons. The van der Waals surface area contributed by atoms with Gasteiger partial charge in [0.25, 0.3) is 0 Å². The zero-order valence-electron chi connectivity index (χ0n) is 22.7. The van der Waals surface area contributed by atoms with Gasteiger partial charge in [-0.3, -0.25) is 4.79 Å². The van der Waals surface area contributed by atoms with E-state index in [0.717, 1.165) is 61.8 Å². The minimum atomic E-state index is -0.186. The van der Waals surface area contributed by atoms with Crippen LogP contribution in [-0.2, 0) is 11.3 Å². The highest BCUT2D eigenvalue weighted by Gasteiger charge is 2.41. The van der Waals surface area contributed by atoms with Crippen molar-refractivity contribution < 1.29 is 9.53 Å². The van der Waals surface area contributed by atoms with E-state index in [0.29, 0.717) is 18.0 Å². The zero-order chi connectivity index (χ0) is 25.9. The van der Waals surface area contributed by atoms with Gasteiger partial charge in [0.1, 0.15) is 17.5 Å². The van der Waals surface area contributed by atoms with E-state index in [4.69, 9.17) is 9.72 Å². The number of nitrogens with zero attached hydrogens (tertiary/aromatic N) is 5. The third-order valence-electron chi connectivity index (χ3n) is 8.24. The lowest BCUT2D eigenvalue weighted by Gasteiger charge is -2.43. The SMILES string of the molecule is CC[C@@H]1C(=O)N(C)c2cnc(Nc3ccc(CNC4CCN(C)CC4)cc3OC)nc2N1C1CCCC1. The molecule has 37 heavy (non-hydrogen) atoms. The highest BCUT2D eigenvalue weighted by molar-refractivity contribution is 6.04. The van der Waals surface area contributed by atoms with Gasteiger partial charge in [0.2, 0.25) is 11.9 Å². The van der Waals surface area contributed by atoms with Crippen LogP contribution in [0.25, 0.3) is 0 Å². The number of hydrogen-bond donors (Lipinski definition) is 2. The highest BCUT2D eigenvalue weighted by Crippen LogP contribution is 2.40. The predicted molar refractivity (Wildman–Crippen MR) is 148 cm³/mol. The molecule has 1 amide bonds. The lowest BCUT2D eigenvalue weighted by Crippen LogP contribution is -2.55. The molecular formula is C28H41N7O2. The molecule has 1 aliphatic carbocycles. The molecule has 9 heteroatoms. The van der Waals surface area contributed by atoms with Gasteiger partial charge in [-0.25, -0.2) is 4.98 Å². The van der Waals surface area contributed by atoms with Crippen molar-refractivity contribution in [2.75, 3.05) is 49.4 Å². The number of benzene rings is 1. The van der Waals surface area contributed by atoms with Gasteiger partial charge in [0.15, 0.2) is 5.82 Å². The van der Waals surface area contributed by atoms with Crippen LogP contribution in [0.15, 0.2) is 24.4 Å². The van der Waals surface area contributed by atoms with Crippen molar-refractivity contribution in [3.63, 3.8) is 0 Å². The van der Waals surface area contributed by atoms with E-state index in [-0.39, 0.29) is 11.9 Å². The number of methoxy groups -OCH3 is 1. The predicted octanol–water partition coefficient (Wildman–Crippen LogP) is 3.92. The lowest BCUT2D eigenvalue weighted by atomic mass is 10.0. The number of rotatable bonds is 8. The molecule has 0 spiro atoms. The van der Waals surface area contributed by atoms with Crippen LogP contribution in [0.2, 0.25) is 0 Å². The topological polar surface area (TPSA) is 85.9 Å². The van der Waals surface area contributed by atoms with Gasteiger partial charge in [0.05, 0.1) is 19.0 Å². The maximum atomic E-state index is 13.1. The minimum Gasteiger partial charge on any atom is -0.495 e. The molecule has 0 unspecified atom stereocenters. The van der Waals surface area contributed by atoms with Crippen LogP contribution in [0.5, 0.6) is 5.75 Å². The number of likely N-dealkylation sites (N-methyl/N-ethyl adjacent to an activating group) is 1. The molecule has 2 fully saturated rings. The van der Waals surface area contributed by atoms with E-state index in [2.05, 4.69) is 51.5 Å². The summed E-state index contributed by atoms with van der Waals surface area (Å²) in [6.07, 6.45) is 9.48. The summed E-state index contributed by atoms with van der Waals surface area (Å²) in [5.41, 5.74) is 2.78. The normalized spacial score (nSPS) is 21.4. The Morgan fingerprint density at radius 2 is 1.86 bits per heavy atom. The first-order valence-electron chi connectivity index (χ1n) is 13.8. The zero-order valence-corrected chi connectivity index (χ0v) is 22.7. The number of aromatic nitrogens is 2. The molecule has 2 aliphatic heterocycles. The molecule has 0 bridgehead atoms. The van der Waals surface area contributed by atoms with Crippen LogP contribution in [0.4, 0.5) is 23.1 Å². The fourth-order valence-corrected chi connectivity index (χ4v) is 5.99. The van der Waals surface area contributed by atoms with Crippen molar-refractivity contribution in [1.82, 2.24) is 20.2 Å². The molecule has 1 saturated heterocycles. The molecule has 1 atom stereocenters. The number of piperidine rings is 1. The first-order chi connectivity index (χ1) is 18.0. The average molecular weight is 508 g/mol. The number of carbonyl (C=O) groups is 1. The number of anilines is 4. The molecule has 3 heterocycles. The van der Waals surface area contributed by atoms with Crippen LogP contribution in [-0.4, -0.2) is 73.2 Å². The maximum Gasteiger partial charge on any atom is 0.249 e. The van der Waals surface area contributed by atoms with Crippen molar-refractivity contribution >= 4 is 29.0 Å². The first kappa shape index (κ1) is 25.7. The molecule has 2 N–H and O–H groups in total. The molecule has 0 radical (unpaired) electrons. The van der Waals surface area contributed by atoms with Crippen molar-refractivity contribution in [2.24, 2.45) is 0 Å². The van der Waals surface area contributed by atoms with Crippen molar-refractivity contribution in [3.8, 4) is 5.75 Å². The van der Waals surface area contributed by atoms with E-state index in [1.807, 2.05) is 13.1 Å². The highest BCUT2D eigenvalue weighted by atomic mass is 16.5. The average Bonchev–Trinajstić information content (AvgIpc) is 3.45. The smallest absolute Gasteiger partial charge is 0.249 e. The van der Waals surface area contributed by atoms with Crippen LogP contribution >= 0.6 is 0 Å². The third kappa shape index (κ3) is 5.38. The standard InChI is InChI=1S/C28H41N7O2/c1-5-23-27(36)34(3)24-18-30-28(32-26(24)35(23)21-8-6-7-9-21)31-22-11-10-19(16-25(22)37-4)17-29-20-12-14-33(2)15-13-20/h10-11,16,18,20-21,23,29H,5-9,12-15,17H2,1-4H3,(H,30,31,32)/t23-/m1/s1. The fraction of sp³-hybridized carbons (Fsp3) is 0.607. The lowest BCUT2D eigenvalue weighted by molar-refractivity contribution is -0.120. The Bertz CT molecular complexity index is 1100. The Kier molecular flexibility index (Phi) is 7.81. The summed E-state index contributed by atoms with van der Waals surface area (Å²) < 4.78 is 5.73. The Morgan fingerprint density at radius 1 is 1.11 bits per heavy atom. The van der Waals surface area contributed by atoms with E-state index in [9.17, 15) is 4.79 Å². The number of hydrogen-bond acceptors (Lipinski definition) is 8. The van der Waals surface area contributed by atoms with Gasteiger partial charge >= 0.3 is 0 Å². The molecule has 5 rings (SSSR count). The fourth-order valence-electron chi connectivity index (χ4n) is 5.99. The quantitative estimate of drug-likeness (QED) is 0.556. The van der Waals surface area contributed by atoms with Crippen LogP contribution in [0.1, 0.15) is 57.4 Å². The monoisotopic (exact) mass is 507 g/mol. The molecule has 1 aromatic carbocycles. The second-order valence-corrected chi connectivity index (χ2v) is 10.7. The Labute approximate surface area is 220 Å². The van der Waals surface area contributed by atoms with Crippen LogP contribution in [0.3, 0.4) is 0 Å². The Morgan fingerprint density at radius 3 is 2.57 bits per heavy atom. The molecule has 3 aliphatic rings. The van der Waals surface area contributed by atoms with Gasteiger partial charge in [-0.15, -0.1) is 0 Å². The summed E-state index contributed by atoms with van der Waals surface area (Å²) >= 11 is 0. The Hall–Kier alpha value is -2.91. The van der Waals surface area contributed by atoms with E-state index < -0.39 is 0 Å². The second kappa shape index (κ2) is 11.2. The van der Waals surface area contributed by atoms with Crippen LogP contribution in [0, 0.1) is 0 Å². The van der Waals surface area contributed by atoms with Gasteiger partial charge < -0.3 is 30.1 Å². The molecule has 9 nitrogen and oxygen atoms in total. The molecule has 1 saturated carbocycles. The second-order valence-electron chi connectivity index (χ2n) is 10.7. The number of ether oxygens (including phenoxy) is 1. The van der Waals surface area contributed by atoms with E-state index >= 15 is 0 Å². The number of amides is 1. The maximum absolute atomic E-state index is 13.1. The Balaban J connectivity index is 1.35. The summed E-state index contributed by atoms with van der Waals surface area (Å²) in [5.74, 6) is 2.24. The van der Waals surface area contributed by atoms with Gasteiger partial charge in [0, 0.05) is 25.7 Å². The summed E-state index contributed by atoms with van der Waals surface area (Å²) in [6, 6.07) is 6.95. The van der Waals surface area contributed by atoms with Crippen molar-refractivity contribution in [3.05, 3.63) is 30.0 Å². The van der Waals surface area contributed by atoms with Gasteiger partial charge in [-0.2, -0.15) is 4.98 Å². The summed E-state index contributed by atoms with van der Waals surface area (Å²) in [5, 5.41) is 7.07.